The van der Waals surface area contributed by atoms with Crippen LogP contribution in [0.5, 0.6) is 0 Å². The summed E-state index contributed by atoms with van der Waals surface area (Å²) in [5, 5.41) is 22.4. The van der Waals surface area contributed by atoms with Gasteiger partial charge in [0.05, 0.1) is 5.60 Å². The number of aromatic amines is 1. The van der Waals surface area contributed by atoms with Gasteiger partial charge in [0, 0.05) is 24.7 Å². The number of amides is 2. The Morgan fingerprint density at radius 2 is 1.81 bits per heavy atom. The van der Waals surface area contributed by atoms with E-state index < -0.39 is 11.5 Å². The molecule has 0 bridgehead atoms. The maximum Gasteiger partial charge on any atom is 0.296 e. The molecule has 0 saturated carbocycles. The molecule has 0 aliphatic heterocycles. The van der Waals surface area contributed by atoms with Gasteiger partial charge in [-0.1, -0.05) is 36.4 Å². The summed E-state index contributed by atoms with van der Waals surface area (Å²) in [4.78, 5) is 33.6. The first-order valence-corrected chi connectivity index (χ1v) is 12.0. The summed E-state index contributed by atoms with van der Waals surface area (Å²) in [6, 6.07) is 19.0. The SMILES string of the molecule is Cc1ccc(NC(=O)CCC(C)(C)O)cc1-c1ccnc(NC(=O)c2n[nH]c(Cc3ccccc3)n2)c1. The van der Waals surface area contributed by atoms with Gasteiger partial charge in [0.15, 0.2) is 0 Å². The molecule has 0 spiro atoms. The molecule has 0 fully saturated rings. The van der Waals surface area contributed by atoms with E-state index in [1.165, 1.54) is 0 Å². The molecule has 0 aliphatic rings. The van der Waals surface area contributed by atoms with Crippen LogP contribution in [0.2, 0.25) is 0 Å². The van der Waals surface area contributed by atoms with Gasteiger partial charge in [-0.05, 0) is 73.7 Å². The number of H-pyrrole nitrogens is 1. The second-order valence-corrected chi connectivity index (χ2v) is 9.54. The molecule has 2 heterocycles. The molecule has 0 unspecified atom stereocenters. The smallest absolute Gasteiger partial charge is 0.296 e. The van der Waals surface area contributed by atoms with Crippen molar-refractivity contribution < 1.29 is 14.7 Å². The third-order valence-electron chi connectivity index (χ3n) is 5.75. The highest BCUT2D eigenvalue weighted by molar-refractivity contribution is 6.01. The Hall–Kier alpha value is -4.37. The minimum Gasteiger partial charge on any atom is -0.390 e. The van der Waals surface area contributed by atoms with Crippen molar-refractivity contribution >= 4 is 23.3 Å². The van der Waals surface area contributed by atoms with Gasteiger partial charge < -0.3 is 15.7 Å². The Morgan fingerprint density at radius 1 is 1.03 bits per heavy atom. The fourth-order valence-corrected chi connectivity index (χ4v) is 3.76. The van der Waals surface area contributed by atoms with E-state index >= 15 is 0 Å². The zero-order valence-electron chi connectivity index (χ0n) is 21.1. The Balaban J connectivity index is 1.44. The molecule has 4 aromatic rings. The molecule has 0 aliphatic carbocycles. The Morgan fingerprint density at radius 3 is 2.57 bits per heavy atom. The summed E-state index contributed by atoms with van der Waals surface area (Å²) >= 11 is 0. The first-order chi connectivity index (χ1) is 17.7. The lowest BCUT2D eigenvalue weighted by Gasteiger charge is -2.16. The average Bonchev–Trinajstić information content (AvgIpc) is 3.33. The number of aryl methyl sites for hydroxylation is 1. The highest BCUT2D eigenvalue weighted by Gasteiger charge is 2.16. The van der Waals surface area contributed by atoms with Crippen LogP contribution < -0.4 is 10.6 Å². The zero-order valence-corrected chi connectivity index (χ0v) is 21.1. The molecule has 4 rings (SSSR count). The van der Waals surface area contributed by atoms with E-state index in [1.54, 1.807) is 26.1 Å². The van der Waals surface area contributed by atoms with Gasteiger partial charge in [-0.25, -0.2) is 9.97 Å². The van der Waals surface area contributed by atoms with E-state index in [9.17, 15) is 14.7 Å². The molecule has 0 radical (unpaired) electrons. The van der Waals surface area contributed by atoms with Crippen LogP contribution in [-0.2, 0) is 11.2 Å². The first kappa shape index (κ1) is 25.7. The lowest BCUT2D eigenvalue weighted by molar-refractivity contribution is -0.117. The van der Waals surface area contributed by atoms with Gasteiger partial charge in [-0.15, -0.1) is 5.10 Å². The number of hydrogen-bond donors (Lipinski definition) is 4. The zero-order chi connectivity index (χ0) is 26.4. The number of carbonyl (C=O) groups is 2. The van der Waals surface area contributed by atoms with Crippen LogP contribution in [0.1, 0.15) is 54.3 Å². The molecule has 0 atom stereocenters. The normalized spacial score (nSPS) is 11.2. The van der Waals surface area contributed by atoms with Crippen molar-refractivity contribution in [2.75, 3.05) is 10.6 Å². The lowest BCUT2D eigenvalue weighted by Crippen LogP contribution is -2.22. The van der Waals surface area contributed by atoms with Crippen molar-refractivity contribution in [3.63, 3.8) is 0 Å². The number of aromatic nitrogens is 4. The van der Waals surface area contributed by atoms with Crippen molar-refractivity contribution in [3.8, 4) is 11.1 Å². The molecule has 190 valence electrons. The van der Waals surface area contributed by atoms with E-state index in [4.69, 9.17) is 0 Å². The summed E-state index contributed by atoms with van der Waals surface area (Å²) in [7, 11) is 0. The number of rotatable bonds is 9. The first-order valence-electron chi connectivity index (χ1n) is 12.0. The van der Waals surface area contributed by atoms with Crippen molar-refractivity contribution in [2.45, 2.75) is 45.6 Å². The third-order valence-corrected chi connectivity index (χ3v) is 5.75. The van der Waals surface area contributed by atoms with E-state index in [2.05, 4.69) is 30.8 Å². The van der Waals surface area contributed by atoms with E-state index in [-0.39, 0.29) is 18.2 Å². The largest absolute Gasteiger partial charge is 0.390 e. The number of pyridine rings is 1. The Bertz CT molecular complexity index is 1390. The number of nitrogens with one attached hydrogen (secondary N) is 3. The van der Waals surface area contributed by atoms with Crippen molar-refractivity contribution in [2.24, 2.45) is 0 Å². The monoisotopic (exact) mass is 498 g/mol. The maximum absolute atomic E-state index is 12.7. The van der Waals surface area contributed by atoms with Crippen molar-refractivity contribution in [1.82, 2.24) is 20.2 Å². The number of carbonyl (C=O) groups excluding carboxylic acids is 2. The number of benzene rings is 2. The van der Waals surface area contributed by atoms with Gasteiger partial charge in [-0.2, -0.15) is 0 Å². The summed E-state index contributed by atoms with van der Waals surface area (Å²) in [6.45, 7) is 5.32. The Labute approximate surface area is 215 Å². The van der Waals surface area contributed by atoms with Gasteiger partial charge in [0.1, 0.15) is 11.6 Å². The molecule has 37 heavy (non-hydrogen) atoms. The summed E-state index contributed by atoms with van der Waals surface area (Å²) in [5.74, 6) is 0.346. The Kier molecular flexibility index (Phi) is 7.74. The van der Waals surface area contributed by atoms with Gasteiger partial charge in [-0.3, -0.25) is 14.7 Å². The standard InChI is InChI=1S/C28H30N6O3/c1-18-9-10-21(30-25(35)11-13-28(2,3)37)17-22(18)20-12-14-29-23(16-20)32-27(36)26-31-24(33-34-26)15-19-7-5-4-6-8-19/h4-10,12,14,16-17,37H,11,13,15H2,1-3H3,(H,30,35)(H,29,32,36)(H,31,33,34). The van der Waals surface area contributed by atoms with E-state index in [1.807, 2.05) is 61.5 Å². The van der Waals surface area contributed by atoms with Crippen LogP contribution in [0.15, 0.2) is 66.9 Å². The highest BCUT2D eigenvalue weighted by atomic mass is 16.3. The second kappa shape index (κ2) is 11.1. The van der Waals surface area contributed by atoms with E-state index in [0.717, 1.165) is 22.3 Å². The molecular formula is C28H30N6O3. The van der Waals surface area contributed by atoms with Crippen molar-refractivity contribution in [1.29, 1.82) is 0 Å². The van der Waals surface area contributed by atoms with Gasteiger partial charge in [0.2, 0.25) is 11.7 Å². The molecular weight excluding hydrogens is 468 g/mol. The topological polar surface area (TPSA) is 133 Å². The van der Waals surface area contributed by atoms with Crippen LogP contribution in [-0.4, -0.2) is 42.7 Å². The van der Waals surface area contributed by atoms with Crippen LogP contribution in [0.3, 0.4) is 0 Å². The number of hydrogen-bond acceptors (Lipinski definition) is 6. The number of aliphatic hydroxyl groups is 1. The van der Waals surface area contributed by atoms with Crippen LogP contribution >= 0.6 is 0 Å². The fraction of sp³-hybridized carbons (Fsp3) is 0.250. The van der Waals surface area contributed by atoms with Gasteiger partial charge in [0.25, 0.3) is 5.91 Å². The van der Waals surface area contributed by atoms with Crippen molar-refractivity contribution in [3.05, 3.63) is 89.6 Å². The fourth-order valence-electron chi connectivity index (χ4n) is 3.76. The lowest BCUT2D eigenvalue weighted by atomic mass is 10.00. The quantitative estimate of drug-likeness (QED) is 0.268. The predicted octanol–water partition coefficient (Wildman–Crippen LogP) is 4.51. The van der Waals surface area contributed by atoms with E-state index in [0.29, 0.717) is 30.2 Å². The highest BCUT2D eigenvalue weighted by Crippen LogP contribution is 2.28. The van der Waals surface area contributed by atoms with Crippen LogP contribution in [0.4, 0.5) is 11.5 Å². The molecule has 9 heteroatoms. The molecule has 9 nitrogen and oxygen atoms in total. The molecule has 2 aromatic heterocycles. The number of anilines is 2. The second-order valence-electron chi connectivity index (χ2n) is 9.54. The maximum atomic E-state index is 12.7. The number of nitrogens with zero attached hydrogens (tertiary/aromatic N) is 3. The predicted molar refractivity (Wildman–Crippen MR) is 142 cm³/mol. The third kappa shape index (κ3) is 7.31. The van der Waals surface area contributed by atoms with Gasteiger partial charge >= 0.3 is 0 Å². The summed E-state index contributed by atoms with van der Waals surface area (Å²) in [6.07, 6.45) is 2.73. The molecule has 4 N–H and O–H groups in total. The summed E-state index contributed by atoms with van der Waals surface area (Å²) < 4.78 is 0. The molecule has 2 amide bonds. The molecule has 0 saturated heterocycles. The molecule has 2 aromatic carbocycles. The minimum atomic E-state index is -0.900. The minimum absolute atomic E-state index is 0.0325. The average molecular weight is 499 g/mol. The summed E-state index contributed by atoms with van der Waals surface area (Å²) in [5.41, 5.74) is 3.53. The van der Waals surface area contributed by atoms with Crippen LogP contribution in [0.25, 0.3) is 11.1 Å². The van der Waals surface area contributed by atoms with Crippen LogP contribution in [0, 0.1) is 6.92 Å².